The number of carbonyl (C=O) groups excluding carboxylic acids is 1. The molecular formula is C24H30N4O3. The molecule has 1 atom stereocenters. The zero-order valence-electron chi connectivity index (χ0n) is 18.2. The second-order valence-corrected chi connectivity index (χ2v) is 8.11. The molecule has 1 aliphatic rings. The molecule has 1 N–H and O–H groups in total. The minimum absolute atomic E-state index is 0.0741. The lowest BCUT2D eigenvalue weighted by atomic mass is 10.1. The summed E-state index contributed by atoms with van der Waals surface area (Å²) in [6, 6.07) is 11.4. The molecule has 7 nitrogen and oxygen atoms in total. The van der Waals surface area contributed by atoms with E-state index in [2.05, 4.69) is 15.2 Å². The number of aryl methyl sites for hydroxylation is 1. The van der Waals surface area contributed by atoms with E-state index in [9.17, 15) is 4.79 Å². The van der Waals surface area contributed by atoms with E-state index in [-0.39, 0.29) is 11.9 Å². The molecule has 0 saturated carbocycles. The normalized spacial score (nSPS) is 15.7. The molecular weight excluding hydrogens is 392 g/mol. The largest absolute Gasteiger partial charge is 0.486 e. The fraction of sp³-hybridized carbons (Fsp3) is 0.417. The highest BCUT2D eigenvalue weighted by Gasteiger charge is 2.17. The van der Waals surface area contributed by atoms with E-state index < -0.39 is 0 Å². The van der Waals surface area contributed by atoms with Crippen molar-refractivity contribution in [2.45, 2.75) is 32.9 Å². The van der Waals surface area contributed by atoms with Crippen LogP contribution in [-0.2, 0) is 11.3 Å². The monoisotopic (exact) mass is 422 g/mol. The molecule has 3 aromatic rings. The van der Waals surface area contributed by atoms with E-state index in [0.717, 1.165) is 50.6 Å². The average molecular weight is 423 g/mol. The second kappa shape index (κ2) is 9.94. The molecule has 4 rings (SSSR count). The second-order valence-electron chi connectivity index (χ2n) is 8.11. The van der Waals surface area contributed by atoms with Crippen molar-refractivity contribution in [1.29, 1.82) is 0 Å². The van der Waals surface area contributed by atoms with Gasteiger partial charge in [0.25, 0.3) is 5.91 Å². The Bertz CT molecular complexity index is 1030. The third-order valence-electron chi connectivity index (χ3n) is 5.52. The summed E-state index contributed by atoms with van der Waals surface area (Å²) in [4.78, 5) is 19.8. The van der Waals surface area contributed by atoms with Crippen LogP contribution < -0.4 is 10.1 Å². The molecule has 1 amide bonds. The molecule has 0 bridgehead atoms. The highest BCUT2D eigenvalue weighted by Crippen LogP contribution is 2.20. The number of hydrogen-bond acceptors (Lipinski definition) is 5. The van der Waals surface area contributed by atoms with Crippen molar-refractivity contribution in [3.63, 3.8) is 0 Å². The topological polar surface area (TPSA) is 68.1 Å². The van der Waals surface area contributed by atoms with Gasteiger partial charge in [0.05, 0.1) is 24.5 Å². The minimum atomic E-state index is -0.115. The van der Waals surface area contributed by atoms with Gasteiger partial charge in [0, 0.05) is 38.1 Å². The van der Waals surface area contributed by atoms with Crippen LogP contribution in [0.5, 0.6) is 5.75 Å². The Morgan fingerprint density at radius 3 is 2.84 bits per heavy atom. The van der Waals surface area contributed by atoms with Gasteiger partial charge in [-0.15, -0.1) is 0 Å². The maximum atomic E-state index is 12.9. The van der Waals surface area contributed by atoms with Crippen molar-refractivity contribution in [2.24, 2.45) is 0 Å². The molecule has 0 radical (unpaired) electrons. The number of rotatable bonds is 8. The number of hydrogen-bond donors (Lipinski definition) is 1. The van der Waals surface area contributed by atoms with Crippen LogP contribution in [0.1, 0.15) is 35.0 Å². The van der Waals surface area contributed by atoms with Gasteiger partial charge in [0.2, 0.25) is 0 Å². The predicted molar refractivity (Wildman–Crippen MR) is 120 cm³/mol. The molecule has 1 aromatic carbocycles. The maximum absolute atomic E-state index is 12.9. The van der Waals surface area contributed by atoms with E-state index >= 15 is 0 Å². The van der Waals surface area contributed by atoms with Crippen LogP contribution in [0.3, 0.4) is 0 Å². The van der Waals surface area contributed by atoms with Crippen molar-refractivity contribution >= 4 is 11.6 Å². The van der Waals surface area contributed by atoms with Gasteiger partial charge in [-0.25, -0.2) is 4.98 Å². The van der Waals surface area contributed by atoms with E-state index in [4.69, 9.17) is 9.47 Å². The first-order valence-electron chi connectivity index (χ1n) is 10.9. The molecule has 31 heavy (non-hydrogen) atoms. The van der Waals surface area contributed by atoms with Crippen LogP contribution >= 0.6 is 0 Å². The summed E-state index contributed by atoms with van der Waals surface area (Å²) in [6.07, 6.45) is 4.89. The molecule has 0 spiro atoms. The lowest BCUT2D eigenvalue weighted by molar-refractivity contribution is 0.0363. The molecule has 1 unspecified atom stereocenters. The van der Waals surface area contributed by atoms with Gasteiger partial charge in [0.15, 0.2) is 0 Å². The summed E-state index contributed by atoms with van der Waals surface area (Å²) in [7, 11) is 0. The van der Waals surface area contributed by atoms with Crippen molar-refractivity contribution < 1.29 is 14.3 Å². The predicted octanol–water partition coefficient (Wildman–Crippen LogP) is 3.06. The molecule has 164 valence electrons. The molecule has 0 aliphatic carbocycles. The van der Waals surface area contributed by atoms with Crippen LogP contribution in [0.4, 0.5) is 0 Å². The Kier molecular flexibility index (Phi) is 6.84. The third-order valence-corrected chi connectivity index (χ3v) is 5.52. The Morgan fingerprint density at radius 2 is 2.00 bits per heavy atom. The summed E-state index contributed by atoms with van der Waals surface area (Å²) in [5.41, 5.74) is 3.41. The van der Waals surface area contributed by atoms with E-state index in [1.165, 1.54) is 5.56 Å². The molecule has 7 heteroatoms. The van der Waals surface area contributed by atoms with Crippen molar-refractivity contribution in [1.82, 2.24) is 19.6 Å². The van der Waals surface area contributed by atoms with Crippen LogP contribution in [0, 0.1) is 6.92 Å². The number of fused-ring (bicyclic) bond motifs is 1. The highest BCUT2D eigenvalue weighted by atomic mass is 16.5. The third kappa shape index (κ3) is 5.62. The molecule has 3 heterocycles. The van der Waals surface area contributed by atoms with Crippen LogP contribution in [0.25, 0.3) is 5.65 Å². The Labute approximate surface area is 183 Å². The first-order chi connectivity index (χ1) is 15.1. The molecule has 2 aromatic heterocycles. The van der Waals surface area contributed by atoms with Gasteiger partial charge in [0.1, 0.15) is 18.0 Å². The van der Waals surface area contributed by atoms with Crippen LogP contribution in [0.15, 0.2) is 48.8 Å². The number of pyridine rings is 1. The van der Waals surface area contributed by atoms with Crippen LogP contribution in [-0.4, -0.2) is 59.1 Å². The number of amides is 1. The van der Waals surface area contributed by atoms with Crippen molar-refractivity contribution in [2.75, 3.05) is 32.8 Å². The van der Waals surface area contributed by atoms with Gasteiger partial charge in [-0.05, 0) is 44.0 Å². The van der Waals surface area contributed by atoms with Gasteiger partial charge < -0.3 is 19.2 Å². The van der Waals surface area contributed by atoms with Crippen molar-refractivity contribution in [3.05, 3.63) is 65.6 Å². The van der Waals surface area contributed by atoms with Gasteiger partial charge in [-0.2, -0.15) is 0 Å². The van der Waals surface area contributed by atoms with E-state index in [1.54, 1.807) is 6.07 Å². The molecule has 1 aliphatic heterocycles. The Morgan fingerprint density at radius 1 is 1.19 bits per heavy atom. The van der Waals surface area contributed by atoms with Crippen LogP contribution in [0.2, 0.25) is 0 Å². The molecule has 1 saturated heterocycles. The Balaban J connectivity index is 1.34. The van der Waals surface area contributed by atoms with Crippen molar-refractivity contribution in [3.8, 4) is 5.75 Å². The fourth-order valence-electron chi connectivity index (χ4n) is 3.73. The van der Waals surface area contributed by atoms with Gasteiger partial charge in [-0.1, -0.05) is 18.2 Å². The molecule has 1 fully saturated rings. The number of nitrogens with zero attached hydrogens (tertiary/aromatic N) is 3. The number of ether oxygens (including phenoxy) is 2. The smallest absolute Gasteiger partial charge is 0.255 e. The first-order valence-corrected chi connectivity index (χ1v) is 10.9. The average Bonchev–Trinajstić information content (AvgIpc) is 3.19. The Hall–Kier alpha value is -2.90. The summed E-state index contributed by atoms with van der Waals surface area (Å²) >= 11 is 0. The highest BCUT2D eigenvalue weighted by molar-refractivity contribution is 5.97. The van der Waals surface area contributed by atoms with E-state index in [1.807, 2.05) is 61.0 Å². The summed E-state index contributed by atoms with van der Waals surface area (Å²) < 4.78 is 13.4. The lowest BCUT2D eigenvalue weighted by Crippen LogP contribution is -2.40. The standard InChI is InChI=1S/C24H30N4O3/c1-18-7-8-23-26-20(16-28(23)15-18)17-31-22-6-4-3-5-21(22)24(29)25-19(2)9-10-27-11-13-30-14-12-27/h3-8,15-16,19H,9-14,17H2,1-2H3,(H,25,29). The van der Waals surface area contributed by atoms with Gasteiger partial charge in [-0.3, -0.25) is 9.69 Å². The summed E-state index contributed by atoms with van der Waals surface area (Å²) in [6.45, 7) is 8.84. The zero-order valence-corrected chi connectivity index (χ0v) is 18.2. The van der Waals surface area contributed by atoms with Gasteiger partial charge >= 0.3 is 0 Å². The SMILES string of the molecule is Cc1ccc2nc(COc3ccccc3C(=O)NC(C)CCN3CCOCC3)cn2c1. The first kappa shape index (κ1) is 21.3. The number of para-hydroxylation sites is 1. The number of aromatic nitrogens is 2. The van der Waals surface area contributed by atoms with E-state index in [0.29, 0.717) is 17.9 Å². The quantitative estimate of drug-likeness (QED) is 0.604. The number of benzene rings is 1. The lowest BCUT2D eigenvalue weighted by Gasteiger charge is -2.27. The number of carbonyl (C=O) groups is 1. The summed E-state index contributed by atoms with van der Waals surface area (Å²) in [5.74, 6) is 0.448. The zero-order chi connectivity index (χ0) is 21.6. The number of imidazole rings is 1. The number of nitrogens with one attached hydrogen (secondary N) is 1. The maximum Gasteiger partial charge on any atom is 0.255 e. The minimum Gasteiger partial charge on any atom is -0.486 e. The summed E-state index contributed by atoms with van der Waals surface area (Å²) in [5, 5.41) is 3.11. The number of morpholine rings is 1. The fourth-order valence-corrected chi connectivity index (χ4v) is 3.73.